The summed E-state index contributed by atoms with van der Waals surface area (Å²) in [6.07, 6.45) is 1.21. The van der Waals surface area contributed by atoms with Gasteiger partial charge in [-0.1, -0.05) is 29.8 Å². The summed E-state index contributed by atoms with van der Waals surface area (Å²) in [7, 11) is 0. The molecule has 0 aliphatic carbocycles. The van der Waals surface area contributed by atoms with Crippen LogP contribution in [0.2, 0.25) is 5.02 Å². The third-order valence-corrected chi connectivity index (χ3v) is 4.34. The topological polar surface area (TPSA) is 87.9 Å². The fourth-order valence-corrected chi connectivity index (χ4v) is 2.88. The van der Waals surface area contributed by atoms with Gasteiger partial charge in [0, 0.05) is 17.3 Å². The number of nitrogens with zero attached hydrogens (tertiary/aromatic N) is 4. The maximum Gasteiger partial charge on any atom is 0.226 e. The number of rotatable bonds is 6. The molecule has 0 bridgehead atoms. The Morgan fingerprint density at radius 3 is 2.54 bits per heavy atom. The van der Waals surface area contributed by atoms with Gasteiger partial charge in [-0.15, -0.1) is 0 Å². The van der Waals surface area contributed by atoms with Gasteiger partial charge in [0.1, 0.15) is 5.82 Å². The highest BCUT2D eigenvalue weighted by Gasteiger charge is 2.14. The molecule has 28 heavy (non-hydrogen) atoms. The zero-order valence-corrected chi connectivity index (χ0v) is 15.9. The van der Waals surface area contributed by atoms with Crippen LogP contribution in [0.1, 0.15) is 6.92 Å². The summed E-state index contributed by atoms with van der Waals surface area (Å²) in [4.78, 5) is 9.17. The molecule has 142 valence electrons. The number of aromatic nitrogens is 4. The quantitative estimate of drug-likeness (QED) is 0.458. The van der Waals surface area contributed by atoms with E-state index in [0.29, 0.717) is 29.0 Å². The van der Waals surface area contributed by atoms with Crippen LogP contribution in [0.3, 0.4) is 0 Å². The minimum absolute atomic E-state index is 0.339. The van der Waals surface area contributed by atoms with Crippen LogP contribution in [0.4, 0.5) is 17.5 Å². The van der Waals surface area contributed by atoms with Crippen molar-refractivity contribution < 1.29 is 5.11 Å². The predicted molar refractivity (Wildman–Crippen MR) is 112 cm³/mol. The molecular weight excluding hydrogens is 376 g/mol. The molecule has 1 unspecified atom stereocenters. The predicted octanol–water partition coefficient (Wildman–Crippen LogP) is 4.01. The fraction of sp³-hybridized carbons (Fsp3) is 0.150. The summed E-state index contributed by atoms with van der Waals surface area (Å²) in [5.74, 6) is 1.02. The minimum Gasteiger partial charge on any atom is -0.392 e. The number of aliphatic hydroxyl groups excluding tert-OH is 1. The number of fused-ring (bicyclic) bond motifs is 1. The first-order valence-electron chi connectivity index (χ1n) is 8.86. The zero-order valence-electron chi connectivity index (χ0n) is 15.2. The van der Waals surface area contributed by atoms with Crippen molar-refractivity contribution in [2.24, 2.45) is 0 Å². The molecule has 0 amide bonds. The van der Waals surface area contributed by atoms with Crippen molar-refractivity contribution >= 4 is 40.1 Å². The van der Waals surface area contributed by atoms with E-state index < -0.39 is 6.10 Å². The Balaban J connectivity index is 1.80. The third kappa shape index (κ3) is 3.90. The lowest BCUT2D eigenvalue weighted by Crippen LogP contribution is -2.17. The number of halogens is 1. The summed E-state index contributed by atoms with van der Waals surface area (Å²) in [5.41, 5.74) is 2.40. The largest absolute Gasteiger partial charge is 0.392 e. The van der Waals surface area contributed by atoms with Gasteiger partial charge in [0.15, 0.2) is 5.65 Å². The Labute approximate surface area is 167 Å². The standard InChI is InChI=1S/C20H19ClN6O/c1-13(28)11-22-20-25-18(24-15-9-7-14(21)8-10-15)17-12-23-27(19(17)26-20)16-5-3-2-4-6-16/h2-10,12-13,28H,11H2,1H3,(H2,22,24,25,26). The first-order chi connectivity index (χ1) is 13.6. The minimum atomic E-state index is -0.522. The van der Waals surface area contributed by atoms with E-state index in [1.165, 1.54) is 0 Å². The summed E-state index contributed by atoms with van der Waals surface area (Å²) in [5, 5.41) is 21.9. The van der Waals surface area contributed by atoms with Crippen LogP contribution in [-0.4, -0.2) is 37.5 Å². The molecule has 7 nitrogen and oxygen atoms in total. The number of benzene rings is 2. The highest BCUT2D eigenvalue weighted by atomic mass is 35.5. The second-order valence-electron chi connectivity index (χ2n) is 6.39. The molecule has 0 fully saturated rings. The Morgan fingerprint density at radius 1 is 1.07 bits per heavy atom. The van der Waals surface area contributed by atoms with E-state index in [1.807, 2.05) is 54.6 Å². The number of nitrogens with one attached hydrogen (secondary N) is 2. The van der Waals surface area contributed by atoms with Crippen molar-refractivity contribution in [2.45, 2.75) is 13.0 Å². The average Bonchev–Trinajstić information content (AvgIpc) is 3.13. The fourth-order valence-electron chi connectivity index (χ4n) is 2.75. The lowest BCUT2D eigenvalue weighted by Gasteiger charge is -2.12. The number of hydrogen-bond acceptors (Lipinski definition) is 6. The molecule has 2 heterocycles. The first kappa shape index (κ1) is 18.2. The molecule has 0 spiro atoms. The third-order valence-electron chi connectivity index (χ3n) is 4.09. The van der Waals surface area contributed by atoms with Crippen molar-refractivity contribution in [3.05, 3.63) is 65.8 Å². The number of anilines is 3. The van der Waals surface area contributed by atoms with Crippen LogP contribution in [0.15, 0.2) is 60.8 Å². The monoisotopic (exact) mass is 394 g/mol. The number of aliphatic hydroxyl groups is 1. The van der Waals surface area contributed by atoms with Gasteiger partial charge < -0.3 is 15.7 Å². The van der Waals surface area contributed by atoms with E-state index in [0.717, 1.165) is 16.8 Å². The van der Waals surface area contributed by atoms with Crippen molar-refractivity contribution in [1.29, 1.82) is 0 Å². The lowest BCUT2D eigenvalue weighted by molar-refractivity contribution is 0.208. The van der Waals surface area contributed by atoms with Crippen LogP contribution < -0.4 is 10.6 Å². The van der Waals surface area contributed by atoms with Crippen LogP contribution >= 0.6 is 11.6 Å². The molecule has 1 atom stereocenters. The Hall–Kier alpha value is -3.16. The molecule has 2 aromatic heterocycles. The summed E-state index contributed by atoms with van der Waals surface area (Å²) in [6.45, 7) is 2.04. The van der Waals surface area contributed by atoms with Gasteiger partial charge in [-0.2, -0.15) is 15.1 Å². The van der Waals surface area contributed by atoms with Crippen molar-refractivity contribution in [3.63, 3.8) is 0 Å². The van der Waals surface area contributed by atoms with Crippen molar-refractivity contribution in [1.82, 2.24) is 19.7 Å². The van der Waals surface area contributed by atoms with E-state index in [1.54, 1.807) is 17.8 Å². The van der Waals surface area contributed by atoms with Crippen molar-refractivity contribution in [3.8, 4) is 5.69 Å². The van der Waals surface area contributed by atoms with Crippen molar-refractivity contribution in [2.75, 3.05) is 17.2 Å². The van der Waals surface area contributed by atoms with Crippen LogP contribution in [0.25, 0.3) is 16.7 Å². The zero-order chi connectivity index (χ0) is 19.5. The smallest absolute Gasteiger partial charge is 0.226 e. The van der Waals surface area contributed by atoms with Gasteiger partial charge in [0.25, 0.3) is 0 Å². The molecule has 4 aromatic rings. The van der Waals surface area contributed by atoms with E-state index >= 15 is 0 Å². The SMILES string of the molecule is CC(O)CNc1nc(Nc2ccc(Cl)cc2)c2cnn(-c3ccccc3)c2n1. The van der Waals surface area contributed by atoms with E-state index in [4.69, 9.17) is 11.6 Å². The van der Waals surface area contributed by atoms with Gasteiger partial charge >= 0.3 is 0 Å². The maximum absolute atomic E-state index is 9.59. The molecule has 0 saturated carbocycles. The molecule has 4 rings (SSSR count). The summed E-state index contributed by atoms with van der Waals surface area (Å²) < 4.78 is 1.76. The summed E-state index contributed by atoms with van der Waals surface area (Å²) >= 11 is 5.98. The highest BCUT2D eigenvalue weighted by molar-refractivity contribution is 6.30. The molecule has 0 radical (unpaired) electrons. The summed E-state index contributed by atoms with van der Waals surface area (Å²) in [6, 6.07) is 17.1. The molecule has 0 aliphatic heterocycles. The molecule has 0 aliphatic rings. The Bertz CT molecular complexity index is 1080. The Morgan fingerprint density at radius 2 is 1.82 bits per heavy atom. The Kier molecular flexibility index (Phi) is 5.10. The number of hydrogen-bond donors (Lipinski definition) is 3. The highest BCUT2D eigenvalue weighted by Crippen LogP contribution is 2.27. The van der Waals surface area contributed by atoms with Gasteiger partial charge in [-0.3, -0.25) is 0 Å². The van der Waals surface area contributed by atoms with E-state index in [-0.39, 0.29) is 0 Å². The normalized spacial score (nSPS) is 12.1. The first-order valence-corrected chi connectivity index (χ1v) is 9.23. The van der Waals surface area contributed by atoms with E-state index in [2.05, 4.69) is 25.7 Å². The second kappa shape index (κ2) is 7.84. The maximum atomic E-state index is 9.59. The average molecular weight is 395 g/mol. The van der Waals surface area contributed by atoms with Gasteiger partial charge in [-0.05, 0) is 43.3 Å². The molecule has 3 N–H and O–H groups in total. The molecular formula is C20H19ClN6O. The molecule has 2 aromatic carbocycles. The van der Waals surface area contributed by atoms with Gasteiger partial charge in [-0.25, -0.2) is 4.68 Å². The van der Waals surface area contributed by atoms with Crippen LogP contribution in [-0.2, 0) is 0 Å². The van der Waals surface area contributed by atoms with E-state index in [9.17, 15) is 5.11 Å². The van der Waals surface area contributed by atoms with Crippen LogP contribution in [0.5, 0.6) is 0 Å². The lowest BCUT2D eigenvalue weighted by atomic mass is 10.3. The molecule has 0 saturated heterocycles. The van der Waals surface area contributed by atoms with Crippen LogP contribution in [0, 0.1) is 0 Å². The van der Waals surface area contributed by atoms with Gasteiger partial charge in [0.05, 0.1) is 23.4 Å². The van der Waals surface area contributed by atoms with Gasteiger partial charge in [0.2, 0.25) is 5.95 Å². The molecule has 8 heteroatoms. The second-order valence-corrected chi connectivity index (χ2v) is 6.82. The number of para-hydroxylation sites is 1.